The van der Waals surface area contributed by atoms with Crippen LogP contribution in [0, 0.1) is 11.8 Å². The summed E-state index contributed by atoms with van der Waals surface area (Å²) in [6.07, 6.45) is 8.44. The maximum absolute atomic E-state index is 11.5. The summed E-state index contributed by atoms with van der Waals surface area (Å²) in [5.41, 5.74) is 0. The maximum atomic E-state index is 11.5. The van der Waals surface area contributed by atoms with Gasteiger partial charge in [-0.1, -0.05) is 13.8 Å². The van der Waals surface area contributed by atoms with Crippen molar-refractivity contribution in [3.8, 4) is 0 Å². The molecule has 2 aliphatic carbocycles. The third-order valence-corrected chi connectivity index (χ3v) is 6.56. The third kappa shape index (κ3) is 4.23. The van der Waals surface area contributed by atoms with Crippen LogP contribution in [-0.4, -0.2) is 30.8 Å². The first-order valence-electron chi connectivity index (χ1n) is 10.1. The minimum atomic E-state index is -0.788. The molecule has 0 aromatic carbocycles. The van der Waals surface area contributed by atoms with E-state index in [1.165, 1.54) is 19.3 Å². The van der Waals surface area contributed by atoms with E-state index in [1.54, 1.807) is 17.5 Å². The van der Waals surface area contributed by atoms with E-state index in [4.69, 9.17) is 0 Å². The molecular formula is C20H28N4O2S. The Kier molecular flexibility index (Phi) is 5.30. The summed E-state index contributed by atoms with van der Waals surface area (Å²) in [5.74, 6) is 3.03. The van der Waals surface area contributed by atoms with Gasteiger partial charge in [0.2, 0.25) is 0 Å². The summed E-state index contributed by atoms with van der Waals surface area (Å²) in [6, 6.07) is 0.460. The zero-order chi connectivity index (χ0) is 19.0. The molecule has 2 aromatic heterocycles. The van der Waals surface area contributed by atoms with Crippen LogP contribution in [0.1, 0.15) is 86.9 Å². The highest BCUT2D eigenvalue weighted by molar-refractivity contribution is 7.09. The number of hydrogen-bond acceptors (Lipinski definition) is 5. The molecule has 6 nitrogen and oxygen atoms in total. The van der Waals surface area contributed by atoms with E-state index in [-0.39, 0.29) is 12.3 Å². The molecule has 1 unspecified atom stereocenters. The SMILES string of the molecule is CC(C)C[C@H]1C[C@@H](c2nnc(C(CC(=O)O)Cc3nccs3)n2C2CC2)C1. The maximum Gasteiger partial charge on any atom is 0.304 e. The fraction of sp³-hybridized carbons (Fsp3) is 0.700. The van der Waals surface area contributed by atoms with Crippen molar-refractivity contribution in [3.05, 3.63) is 28.2 Å². The van der Waals surface area contributed by atoms with E-state index in [9.17, 15) is 9.90 Å². The molecule has 2 aliphatic rings. The van der Waals surface area contributed by atoms with Crippen LogP contribution in [0.15, 0.2) is 11.6 Å². The summed E-state index contributed by atoms with van der Waals surface area (Å²) >= 11 is 1.58. The zero-order valence-corrected chi connectivity index (χ0v) is 16.9. The summed E-state index contributed by atoms with van der Waals surface area (Å²) < 4.78 is 2.30. The second-order valence-corrected chi connectivity index (χ2v) is 9.59. The topological polar surface area (TPSA) is 80.9 Å². The van der Waals surface area contributed by atoms with Gasteiger partial charge in [0.25, 0.3) is 0 Å². The molecule has 0 radical (unpaired) electrons. The largest absolute Gasteiger partial charge is 0.481 e. The molecule has 2 saturated carbocycles. The average Bonchev–Trinajstić information content (AvgIpc) is 3.10. The molecular weight excluding hydrogens is 360 g/mol. The van der Waals surface area contributed by atoms with Crippen molar-refractivity contribution in [1.29, 1.82) is 0 Å². The Bertz CT molecular complexity index is 776. The molecule has 4 rings (SSSR count). The van der Waals surface area contributed by atoms with E-state index < -0.39 is 5.97 Å². The minimum Gasteiger partial charge on any atom is -0.481 e. The second kappa shape index (κ2) is 7.70. The molecule has 2 aromatic rings. The Morgan fingerprint density at radius 2 is 2.11 bits per heavy atom. The van der Waals surface area contributed by atoms with Gasteiger partial charge in [-0.3, -0.25) is 4.79 Å². The normalized spacial score (nSPS) is 23.4. The standard InChI is InChI=1S/C20H28N4O2S/c1-12(2)7-13-8-14(9-13)19-22-23-20(24(19)16-3-4-16)15(11-18(25)26)10-17-21-5-6-27-17/h5-6,12-16H,3-4,7-11H2,1-2H3,(H,25,26)/t13-,14+,15?. The monoisotopic (exact) mass is 388 g/mol. The van der Waals surface area contributed by atoms with Gasteiger partial charge in [-0.05, 0) is 43.9 Å². The van der Waals surface area contributed by atoms with Crippen LogP contribution < -0.4 is 0 Å². The van der Waals surface area contributed by atoms with Crippen molar-refractivity contribution < 1.29 is 9.90 Å². The van der Waals surface area contributed by atoms with Crippen LogP contribution in [0.3, 0.4) is 0 Å². The first-order chi connectivity index (χ1) is 13.0. The number of carboxylic acid groups (broad SMARTS) is 1. The molecule has 1 atom stereocenters. The van der Waals surface area contributed by atoms with Crippen molar-refractivity contribution >= 4 is 17.3 Å². The summed E-state index contributed by atoms with van der Waals surface area (Å²) in [5, 5.41) is 21.4. The van der Waals surface area contributed by atoms with Gasteiger partial charge < -0.3 is 9.67 Å². The van der Waals surface area contributed by atoms with E-state index >= 15 is 0 Å². The van der Waals surface area contributed by atoms with Gasteiger partial charge in [-0.25, -0.2) is 4.98 Å². The third-order valence-electron chi connectivity index (χ3n) is 5.76. The first kappa shape index (κ1) is 18.6. The number of carbonyl (C=O) groups is 1. The second-order valence-electron chi connectivity index (χ2n) is 8.61. The van der Waals surface area contributed by atoms with Gasteiger partial charge in [0.05, 0.1) is 11.4 Å². The smallest absolute Gasteiger partial charge is 0.304 e. The van der Waals surface area contributed by atoms with Crippen molar-refractivity contribution in [2.45, 2.75) is 76.7 Å². The van der Waals surface area contributed by atoms with Gasteiger partial charge in [0.1, 0.15) is 11.6 Å². The van der Waals surface area contributed by atoms with Crippen LogP contribution in [-0.2, 0) is 11.2 Å². The molecule has 27 heavy (non-hydrogen) atoms. The van der Waals surface area contributed by atoms with Crippen molar-refractivity contribution in [3.63, 3.8) is 0 Å². The predicted molar refractivity (Wildman–Crippen MR) is 104 cm³/mol. The number of carboxylic acids is 1. The van der Waals surface area contributed by atoms with E-state index in [0.29, 0.717) is 18.4 Å². The van der Waals surface area contributed by atoms with E-state index in [2.05, 4.69) is 33.6 Å². The van der Waals surface area contributed by atoms with Crippen molar-refractivity contribution in [2.24, 2.45) is 11.8 Å². The highest BCUT2D eigenvalue weighted by Gasteiger charge is 2.39. The highest BCUT2D eigenvalue weighted by atomic mass is 32.1. The lowest BCUT2D eigenvalue weighted by Crippen LogP contribution is -2.26. The molecule has 7 heteroatoms. The lowest BCUT2D eigenvalue weighted by atomic mass is 9.71. The van der Waals surface area contributed by atoms with Gasteiger partial charge >= 0.3 is 5.97 Å². The number of nitrogens with zero attached hydrogens (tertiary/aromatic N) is 4. The molecule has 2 heterocycles. The number of aromatic nitrogens is 4. The van der Waals surface area contributed by atoms with Crippen LogP contribution >= 0.6 is 11.3 Å². The summed E-state index contributed by atoms with van der Waals surface area (Å²) in [6.45, 7) is 4.57. The van der Waals surface area contributed by atoms with E-state index in [0.717, 1.165) is 41.3 Å². The van der Waals surface area contributed by atoms with Crippen molar-refractivity contribution in [1.82, 2.24) is 19.7 Å². The fourth-order valence-corrected chi connectivity index (χ4v) is 5.11. The van der Waals surface area contributed by atoms with Gasteiger partial charge in [0, 0.05) is 35.9 Å². The summed E-state index contributed by atoms with van der Waals surface area (Å²) in [4.78, 5) is 15.8. The number of aliphatic carboxylic acids is 1. The van der Waals surface area contributed by atoms with Crippen LogP contribution in [0.5, 0.6) is 0 Å². The first-order valence-corrected chi connectivity index (χ1v) is 10.9. The predicted octanol–water partition coefficient (Wildman–Crippen LogP) is 4.41. The van der Waals surface area contributed by atoms with Gasteiger partial charge in [-0.2, -0.15) is 0 Å². The molecule has 0 bridgehead atoms. The molecule has 0 amide bonds. The number of thiazole rings is 1. The minimum absolute atomic E-state index is 0.0745. The number of hydrogen-bond donors (Lipinski definition) is 1. The zero-order valence-electron chi connectivity index (χ0n) is 16.0. The van der Waals surface area contributed by atoms with Crippen LogP contribution in [0.4, 0.5) is 0 Å². The molecule has 0 aliphatic heterocycles. The lowest BCUT2D eigenvalue weighted by Gasteiger charge is -2.36. The Balaban J connectivity index is 1.56. The molecule has 2 fully saturated rings. The molecule has 1 N–H and O–H groups in total. The Labute approximate surface area is 164 Å². The van der Waals surface area contributed by atoms with Crippen LogP contribution in [0.25, 0.3) is 0 Å². The van der Waals surface area contributed by atoms with Gasteiger partial charge in [-0.15, -0.1) is 21.5 Å². The Morgan fingerprint density at radius 1 is 1.33 bits per heavy atom. The van der Waals surface area contributed by atoms with Gasteiger partial charge in [0.15, 0.2) is 0 Å². The number of rotatable bonds is 9. The molecule has 146 valence electrons. The Hall–Kier alpha value is -1.76. The molecule has 0 spiro atoms. The Morgan fingerprint density at radius 3 is 2.70 bits per heavy atom. The highest BCUT2D eigenvalue weighted by Crippen LogP contribution is 2.47. The van der Waals surface area contributed by atoms with Crippen LogP contribution in [0.2, 0.25) is 0 Å². The van der Waals surface area contributed by atoms with E-state index in [1.807, 2.05) is 5.38 Å². The average molecular weight is 389 g/mol. The fourth-order valence-electron chi connectivity index (χ4n) is 4.42. The summed E-state index contributed by atoms with van der Waals surface area (Å²) in [7, 11) is 0. The van der Waals surface area contributed by atoms with Crippen molar-refractivity contribution in [2.75, 3.05) is 0 Å². The molecule has 0 saturated heterocycles. The quantitative estimate of drug-likeness (QED) is 0.688. The lowest BCUT2D eigenvalue weighted by molar-refractivity contribution is -0.137.